The Balaban J connectivity index is 2.64. The summed E-state index contributed by atoms with van der Waals surface area (Å²) >= 11 is 0. The number of carbonyl (C=O) groups is 1. The third-order valence-corrected chi connectivity index (χ3v) is 2.72. The van der Waals surface area contributed by atoms with E-state index in [2.05, 4.69) is 10.3 Å². The number of pyridine rings is 1. The molecule has 4 nitrogen and oxygen atoms in total. The van der Waals surface area contributed by atoms with Gasteiger partial charge in [-0.15, -0.1) is 0 Å². The van der Waals surface area contributed by atoms with Crippen LogP contribution in [-0.2, 0) is 11.2 Å². The second kappa shape index (κ2) is 4.41. The summed E-state index contributed by atoms with van der Waals surface area (Å²) in [5.41, 5.74) is 9.06. The molecule has 2 aromatic rings. The first-order chi connectivity index (χ1) is 8.11. The predicted molar refractivity (Wildman–Crippen MR) is 68.9 cm³/mol. The van der Waals surface area contributed by atoms with Gasteiger partial charge in [0.15, 0.2) is 0 Å². The van der Waals surface area contributed by atoms with E-state index in [0.29, 0.717) is 0 Å². The second-order valence-electron chi connectivity index (χ2n) is 4.07. The molecule has 4 heteroatoms. The van der Waals surface area contributed by atoms with Gasteiger partial charge in [-0.05, 0) is 18.6 Å². The zero-order valence-corrected chi connectivity index (χ0v) is 9.95. The van der Waals surface area contributed by atoms with Crippen LogP contribution in [0.2, 0.25) is 0 Å². The summed E-state index contributed by atoms with van der Waals surface area (Å²) < 4.78 is 0. The summed E-state index contributed by atoms with van der Waals surface area (Å²) in [6.07, 6.45) is 1.91. The summed E-state index contributed by atoms with van der Waals surface area (Å²) in [5, 5.41) is 4.13. The molecule has 0 spiro atoms. The van der Waals surface area contributed by atoms with Crippen molar-refractivity contribution in [2.75, 3.05) is 12.4 Å². The number of hydrogen-bond donors (Lipinski definition) is 2. The summed E-state index contributed by atoms with van der Waals surface area (Å²) in [7, 11) is 1.83. The third kappa shape index (κ3) is 2.20. The van der Waals surface area contributed by atoms with Crippen LogP contribution in [0.5, 0.6) is 0 Å². The number of nitrogens with zero attached hydrogens (tertiary/aromatic N) is 1. The van der Waals surface area contributed by atoms with E-state index >= 15 is 0 Å². The van der Waals surface area contributed by atoms with Gasteiger partial charge >= 0.3 is 0 Å². The molecule has 0 saturated heterocycles. The highest BCUT2D eigenvalue weighted by atomic mass is 16.1. The average molecular weight is 229 g/mol. The van der Waals surface area contributed by atoms with E-state index in [1.165, 1.54) is 0 Å². The topological polar surface area (TPSA) is 68.0 Å². The van der Waals surface area contributed by atoms with Crippen molar-refractivity contribution in [3.63, 3.8) is 0 Å². The van der Waals surface area contributed by atoms with E-state index in [4.69, 9.17) is 5.73 Å². The molecule has 0 saturated carbocycles. The molecule has 0 fully saturated rings. The van der Waals surface area contributed by atoms with Crippen LogP contribution >= 0.6 is 0 Å². The van der Waals surface area contributed by atoms with Crippen LogP contribution in [0.3, 0.4) is 0 Å². The Morgan fingerprint density at radius 2 is 2.24 bits per heavy atom. The summed E-state index contributed by atoms with van der Waals surface area (Å²) in [6.45, 7) is 2.03. The monoisotopic (exact) mass is 229 g/mol. The van der Waals surface area contributed by atoms with Crippen LogP contribution in [-0.4, -0.2) is 17.9 Å². The fraction of sp³-hybridized carbons (Fsp3) is 0.231. The fourth-order valence-electron chi connectivity index (χ4n) is 1.96. The maximum absolute atomic E-state index is 11.0. The number of nitrogens with two attached hydrogens (primary N) is 1. The largest absolute Gasteiger partial charge is 0.387 e. The minimum Gasteiger partial charge on any atom is -0.387 e. The van der Waals surface area contributed by atoms with Crippen LogP contribution < -0.4 is 11.1 Å². The Kier molecular flexibility index (Phi) is 2.95. The SMILES string of the molecule is CNc1c(CC(N)=O)cnc2cc(C)ccc12. The number of hydrogen-bond acceptors (Lipinski definition) is 3. The van der Waals surface area contributed by atoms with Gasteiger partial charge in [0.1, 0.15) is 0 Å². The van der Waals surface area contributed by atoms with Gasteiger partial charge in [0, 0.05) is 29.9 Å². The van der Waals surface area contributed by atoms with Crippen LogP contribution in [0.1, 0.15) is 11.1 Å². The van der Waals surface area contributed by atoms with Crippen LogP contribution in [0.15, 0.2) is 24.4 Å². The standard InChI is InChI=1S/C13H15N3O/c1-8-3-4-10-11(5-8)16-7-9(6-12(14)17)13(10)15-2/h3-5,7H,6H2,1-2H3,(H2,14,17)(H,15,16). The molecule has 0 bridgehead atoms. The number of aryl methyl sites for hydroxylation is 1. The van der Waals surface area contributed by atoms with E-state index in [-0.39, 0.29) is 12.3 Å². The number of primary amides is 1. The van der Waals surface area contributed by atoms with Crippen LogP contribution in [0, 0.1) is 6.92 Å². The van der Waals surface area contributed by atoms with Crippen molar-refractivity contribution in [2.24, 2.45) is 5.73 Å². The second-order valence-corrected chi connectivity index (χ2v) is 4.07. The van der Waals surface area contributed by atoms with E-state index in [0.717, 1.165) is 27.7 Å². The Morgan fingerprint density at radius 3 is 2.88 bits per heavy atom. The minimum atomic E-state index is -0.352. The van der Waals surface area contributed by atoms with Gasteiger partial charge in [0.2, 0.25) is 5.91 Å². The lowest BCUT2D eigenvalue weighted by Crippen LogP contribution is -2.15. The lowest BCUT2D eigenvalue weighted by atomic mass is 10.1. The maximum atomic E-state index is 11.0. The van der Waals surface area contributed by atoms with E-state index < -0.39 is 0 Å². The Bertz CT molecular complexity index is 578. The quantitative estimate of drug-likeness (QED) is 0.840. The van der Waals surface area contributed by atoms with Crippen molar-refractivity contribution in [1.82, 2.24) is 4.98 Å². The van der Waals surface area contributed by atoms with Crippen molar-refractivity contribution < 1.29 is 4.79 Å². The molecule has 17 heavy (non-hydrogen) atoms. The van der Waals surface area contributed by atoms with Gasteiger partial charge in [-0.1, -0.05) is 12.1 Å². The zero-order chi connectivity index (χ0) is 12.4. The van der Waals surface area contributed by atoms with Crippen LogP contribution in [0.25, 0.3) is 10.9 Å². The van der Waals surface area contributed by atoms with Crippen molar-refractivity contribution in [3.05, 3.63) is 35.5 Å². The lowest BCUT2D eigenvalue weighted by Gasteiger charge is -2.11. The van der Waals surface area contributed by atoms with E-state index in [9.17, 15) is 4.79 Å². The molecular formula is C13H15N3O. The molecule has 0 atom stereocenters. The van der Waals surface area contributed by atoms with Crippen molar-refractivity contribution in [3.8, 4) is 0 Å². The molecule has 1 amide bonds. The first-order valence-corrected chi connectivity index (χ1v) is 5.46. The molecule has 1 aromatic carbocycles. The molecule has 1 aromatic heterocycles. The van der Waals surface area contributed by atoms with Gasteiger partial charge in [0.05, 0.1) is 11.9 Å². The molecule has 1 heterocycles. The number of aromatic nitrogens is 1. The predicted octanol–water partition coefficient (Wildman–Crippen LogP) is 1.61. The Morgan fingerprint density at radius 1 is 1.47 bits per heavy atom. The molecule has 3 N–H and O–H groups in total. The molecule has 0 aliphatic carbocycles. The smallest absolute Gasteiger partial charge is 0.221 e. The fourth-order valence-corrected chi connectivity index (χ4v) is 1.96. The number of benzene rings is 1. The molecular weight excluding hydrogens is 214 g/mol. The van der Waals surface area contributed by atoms with Crippen molar-refractivity contribution in [1.29, 1.82) is 0 Å². The van der Waals surface area contributed by atoms with Crippen molar-refractivity contribution in [2.45, 2.75) is 13.3 Å². The number of amides is 1. The maximum Gasteiger partial charge on any atom is 0.221 e. The number of anilines is 1. The third-order valence-electron chi connectivity index (χ3n) is 2.72. The van der Waals surface area contributed by atoms with Gasteiger partial charge in [-0.2, -0.15) is 0 Å². The molecule has 0 aliphatic rings. The normalized spacial score (nSPS) is 10.5. The van der Waals surface area contributed by atoms with Gasteiger partial charge < -0.3 is 11.1 Å². The summed E-state index contributed by atoms with van der Waals surface area (Å²) in [5.74, 6) is -0.352. The van der Waals surface area contributed by atoms with Crippen molar-refractivity contribution >= 4 is 22.5 Å². The number of fused-ring (bicyclic) bond motifs is 1. The first-order valence-electron chi connectivity index (χ1n) is 5.46. The summed E-state index contributed by atoms with van der Waals surface area (Å²) in [4.78, 5) is 15.3. The Hall–Kier alpha value is -2.10. The summed E-state index contributed by atoms with van der Waals surface area (Å²) in [6, 6.07) is 6.05. The number of rotatable bonds is 3. The highest BCUT2D eigenvalue weighted by molar-refractivity contribution is 5.94. The first kappa shape index (κ1) is 11.4. The highest BCUT2D eigenvalue weighted by Gasteiger charge is 2.09. The molecule has 0 radical (unpaired) electrons. The molecule has 2 rings (SSSR count). The van der Waals surface area contributed by atoms with Gasteiger partial charge in [0.25, 0.3) is 0 Å². The zero-order valence-electron chi connectivity index (χ0n) is 9.95. The number of nitrogens with one attached hydrogen (secondary N) is 1. The van der Waals surface area contributed by atoms with E-state index in [1.807, 2.05) is 32.2 Å². The molecule has 0 aliphatic heterocycles. The van der Waals surface area contributed by atoms with Gasteiger partial charge in [-0.25, -0.2) is 0 Å². The molecule has 88 valence electrons. The molecule has 0 unspecified atom stereocenters. The Labute approximate surface area is 99.8 Å². The minimum absolute atomic E-state index is 0.201. The lowest BCUT2D eigenvalue weighted by molar-refractivity contribution is -0.117. The average Bonchev–Trinajstić information content (AvgIpc) is 2.28. The highest BCUT2D eigenvalue weighted by Crippen LogP contribution is 2.26. The van der Waals surface area contributed by atoms with Crippen LogP contribution in [0.4, 0.5) is 5.69 Å². The van der Waals surface area contributed by atoms with E-state index in [1.54, 1.807) is 6.20 Å². The van der Waals surface area contributed by atoms with Gasteiger partial charge in [-0.3, -0.25) is 9.78 Å². The number of carbonyl (C=O) groups excluding carboxylic acids is 1.